The van der Waals surface area contributed by atoms with Crippen LogP contribution in [0.1, 0.15) is 22.7 Å². The largest absolute Gasteiger partial charge is 0.341 e. The number of hydrogen-bond donors (Lipinski definition) is 3. The summed E-state index contributed by atoms with van der Waals surface area (Å²) in [7, 11) is 3.46. The number of hydrogen-bond acceptors (Lipinski definition) is 2. The van der Waals surface area contributed by atoms with E-state index in [1.807, 2.05) is 49.5 Å². The van der Waals surface area contributed by atoms with Gasteiger partial charge in [0.25, 0.3) is 5.91 Å². The Bertz CT molecular complexity index is 701. The maximum Gasteiger partial charge on any atom is 0.321 e. The quantitative estimate of drug-likeness (QED) is 0.773. The van der Waals surface area contributed by atoms with Crippen molar-refractivity contribution in [3.05, 3.63) is 71.3 Å². The van der Waals surface area contributed by atoms with Gasteiger partial charge in [-0.05, 0) is 12.5 Å². The van der Waals surface area contributed by atoms with Crippen LogP contribution in [0.15, 0.2) is 54.6 Å². The molecule has 3 amide bonds. The molecule has 0 aromatic heterocycles. The van der Waals surface area contributed by atoms with Gasteiger partial charge >= 0.3 is 6.03 Å². The van der Waals surface area contributed by atoms with E-state index in [1.165, 1.54) is 18.2 Å². The van der Waals surface area contributed by atoms with Crippen LogP contribution in [0.25, 0.3) is 0 Å². The van der Waals surface area contributed by atoms with E-state index < -0.39 is 12.1 Å². The highest BCUT2D eigenvalue weighted by Gasteiger charge is 2.30. The second-order valence-electron chi connectivity index (χ2n) is 5.86. The highest BCUT2D eigenvalue weighted by Crippen LogP contribution is 2.11. The van der Waals surface area contributed by atoms with Crippen molar-refractivity contribution in [2.24, 2.45) is 0 Å². The molecule has 0 spiro atoms. The average molecular weight is 326 g/mol. The molecular formula is C19H24N3O2+. The first-order valence-corrected chi connectivity index (χ1v) is 7.97. The number of amides is 3. The molecule has 2 aromatic carbocycles. The minimum Gasteiger partial charge on any atom is -0.341 e. The summed E-state index contributed by atoms with van der Waals surface area (Å²) in [6.45, 7) is 2.75. The molecule has 1 unspecified atom stereocenters. The Balaban J connectivity index is 2.26. The van der Waals surface area contributed by atoms with Crippen molar-refractivity contribution in [3.63, 3.8) is 0 Å². The predicted octanol–water partition coefficient (Wildman–Crippen LogP) is 1.21. The number of nitrogens with one attached hydrogen (secondary N) is 3. The fraction of sp³-hybridized carbons (Fsp3) is 0.263. The van der Waals surface area contributed by atoms with Gasteiger partial charge in [0.05, 0.1) is 7.05 Å². The Hall–Kier alpha value is -2.66. The van der Waals surface area contributed by atoms with Gasteiger partial charge in [0.2, 0.25) is 0 Å². The van der Waals surface area contributed by atoms with Crippen molar-refractivity contribution >= 4 is 11.9 Å². The van der Waals surface area contributed by atoms with Crippen molar-refractivity contribution < 1.29 is 14.5 Å². The van der Waals surface area contributed by atoms with Gasteiger partial charge in [-0.25, -0.2) is 4.79 Å². The minimum absolute atomic E-state index is 0.313. The Morgan fingerprint density at radius 2 is 1.67 bits per heavy atom. The number of quaternary nitrogens is 1. The topological polar surface area (TPSA) is 62.6 Å². The number of imide groups is 1. The van der Waals surface area contributed by atoms with Crippen molar-refractivity contribution in [2.45, 2.75) is 19.5 Å². The van der Waals surface area contributed by atoms with Crippen LogP contribution in [0.5, 0.6) is 0 Å². The number of benzene rings is 2. The number of carbonyl (C=O) groups excluding carboxylic acids is 2. The third kappa shape index (κ3) is 4.43. The molecule has 0 aliphatic carbocycles. The van der Waals surface area contributed by atoms with Crippen LogP contribution >= 0.6 is 0 Å². The normalized spacial score (nSPS) is 13.0. The van der Waals surface area contributed by atoms with Gasteiger partial charge < -0.3 is 10.2 Å². The van der Waals surface area contributed by atoms with Gasteiger partial charge in [0.15, 0.2) is 6.04 Å². The minimum atomic E-state index is -0.496. The lowest BCUT2D eigenvalue weighted by atomic mass is 10.0. The molecule has 5 nitrogen and oxygen atoms in total. The fourth-order valence-electron chi connectivity index (χ4n) is 2.76. The molecule has 0 heterocycles. The van der Waals surface area contributed by atoms with Gasteiger partial charge in [0, 0.05) is 18.2 Å². The van der Waals surface area contributed by atoms with Crippen molar-refractivity contribution in [1.29, 1.82) is 0 Å². The molecule has 0 radical (unpaired) electrons. The van der Waals surface area contributed by atoms with Crippen molar-refractivity contribution in [1.82, 2.24) is 10.6 Å². The lowest BCUT2D eigenvalue weighted by molar-refractivity contribution is -0.916. The van der Waals surface area contributed by atoms with E-state index in [2.05, 4.69) is 29.7 Å². The van der Waals surface area contributed by atoms with Crippen molar-refractivity contribution in [2.75, 3.05) is 14.1 Å². The third-order valence-corrected chi connectivity index (χ3v) is 4.08. The zero-order valence-electron chi connectivity index (χ0n) is 14.3. The Labute approximate surface area is 142 Å². The molecule has 2 atom stereocenters. The molecule has 126 valence electrons. The summed E-state index contributed by atoms with van der Waals surface area (Å²) in [5.74, 6) is -0.313. The van der Waals surface area contributed by atoms with E-state index in [0.29, 0.717) is 6.54 Å². The second-order valence-corrected chi connectivity index (χ2v) is 5.86. The highest BCUT2D eigenvalue weighted by atomic mass is 16.2. The first kappa shape index (κ1) is 17.7. The molecule has 5 heteroatoms. The summed E-state index contributed by atoms with van der Waals surface area (Å²) in [5.41, 5.74) is 3.25. The molecule has 0 saturated heterocycles. The Morgan fingerprint density at radius 3 is 2.29 bits per heavy atom. The summed E-state index contributed by atoms with van der Waals surface area (Å²) >= 11 is 0. The van der Waals surface area contributed by atoms with Crippen LogP contribution in [0.4, 0.5) is 4.79 Å². The van der Waals surface area contributed by atoms with Crippen LogP contribution in [0.2, 0.25) is 0 Å². The van der Waals surface area contributed by atoms with E-state index in [4.69, 9.17) is 0 Å². The van der Waals surface area contributed by atoms with Crippen LogP contribution < -0.4 is 15.5 Å². The standard InChI is InChI=1S/C19H23N3O2/c1-14-9-7-8-12-16(14)13-22(3)17(15-10-5-4-6-11-15)18(23)21-19(24)20-2/h4-12,17H,13H2,1-3H3,(H2,20,21,23,24)/p+1/t17-/m0/s1. The SMILES string of the molecule is CNC(=O)NC(=O)[C@H](c1ccccc1)[NH+](C)Cc1ccccc1C. The van der Waals surface area contributed by atoms with Crippen LogP contribution in [0, 0.1) is 6.92 Å². The number of urea groups is 1. The first-order chi connectivity index (χ1) is 11.5. The maximum absolute atomic E-state index is 12.6. The van der Waals surface area contributed by atoms with E-state index >= 15 is 0 Å². The van der Waals surface area contributed by atoms with Gasteiger partial charge in [-0.1, -0.05) is 54.6 Å². The zero-order valence-corrected chi connectivity index (χ0v) is 14.3. The maximum atomic E-state index is 12.6. The number of aryl methyl sites for hydroxylation is 1. The van der Waals surface area contributed by atoms with E-state index in [0.717, 1.165) is 10.5 Å². The average Bonchev–Trinajstić information content (AvgIpc) is 2.58. The lowest BCUT2D eigenvalue weighted by Gasteiger charge is -2.25. The molecule has 24 heavy (non-hydrogen) atoms. The monoisotopic (exact) mass is 326 g/mol. The van der Waals surface area contributed by atoms with Crippen LogP contribution in [-0.2, 0) is 11.3 Å². The Kier molecular flexibility index (Phi) is 6.09. The van der Waals surface area contributed by atoms with Gasteiger partial charge in [-0.3, -0.25) is 10.1 Å². The van der Waals surface area contributed by atoms with Gasteiger partial charge in [0.1, 0.15) is 6.54 Å². The number of likely N-dealkylation sites (N-methyl/N-ethyl adjacent to an activating group) is 1. The molecule has 3 N–H and O–H groups in total. The smallest absolute Gasteiger partial charge is 0.321 e. The predicted molar refractivity (Wildman–Crippen MR) is 93.6 cm³/mol. The summed E-state index contributed by atoms with van der Waals surface area (Å²) < 4.78 is 0. The fourth-order valence-corrected chi connectivity index (χ4v) is 2.76. The second kappa shape index (κ2) is 8.26. The number of carbonyl (C=O) groups is 2. The molecule has 0 aliphatic heterocycles. The third-order valence-electron chi connectivity index (χ3n) is 4.08. The molecule has 0 bridgehead atoms. The summed E-state index contributed by atoms with van der Waals surface area (Å²) in [6, 6.07) is 16.7. The summed E-state index contributed by atoms with van der Waals surface area (Å²) in [6.07, 6.45) is 0. The molecular weight excluding hydrogens is 302 g/mol. The summed E-state index contributed by atoms with van der Waals surface area (Å²) in [4.78, 5) is 25.2. The van der Waals surface area contributed by atoms with Crippen molar-refractivity contribution in [3.8, 4) is 0 Å². The van der Waals surface area contributed by atoms with Gasteiger partial charge in [-0.15, -0.1) is 0 Å². The van der Waals surface area contributed by atoms with E-state index in [-0.39, 0.29) is 5.91 Å². The molecule has 2 rings (SSSR count). The first-order valence-electron chi connectivity index (χ1n) is 7.97. The molecule has 0 fully saturated rings. The molecule has 0 aliphatic rings. The Morgan fingerprint density at radius 1 is 1.04 bits per heavy atom. The van der Waals surface area contributed by atoms with E-state index in [1.54, 1.807) is 0 Å². The van der Waals surface area contributed by atoms with Crippen LogP contribution in [0.3, 0.4) is 0 Å². The summed E-state index contributed by atoms with van der Waals surface area (Å²) in [5, 5.41) is 4.82. The van der Waals surface area contributed by atoms with Gasteiger partial charge in [-0.2, -0.15) is 0 Å². The highest BCUT2D eigenvalue weighted by molar-refractivity contribution is 5.96. The molecule has 2 aromatic rings. The number of rotatable bonds is 5. The lowest BCUT2D eigenvalue weighted by Crippen LogP contribution is -3.09. The molecule has 0 saturated carbocycles. The van der Waals surface area contributed by atoms with E-state index in [9.17, 15) is 9.59 Å². The zero-order chi connectivity index (χ0) is 17.5. The van der Waals surface area contributed by atoms with Crippen LogP contribution in [-0.4, -0.2) is 26.0 Å².